The molecule has 1 N–H and O–H groups in total. The first-order valence-electron chi connectivity index (χ1n) is 7.22. The molecule has 0 unspecified atom stereocenters. The third kappa shape index (κ3) is 4.05. The summed E-state index contributed by atoms with van der Waals surface area (Å²) in [4.78, 5) is 0. The van der Waals surface area contributed by atoms with Gasteiger partial charge in [0.05, 0.1) is 0 Å². The molecule has 0 radical (unpaired) electrons. The van der Waals surface area contributed by atoms with E-state index in [4.69, 9.17) is 4.74 Å². The van der Waals surface area contributed by atoms with Crippen LogP contribution in [0.25, 0.3) is 0 Å². The van der Waals surface area contributed by atoms with E-state index in [2.05, 4.69) is 32.2 Å². The summed E-state index contributed by atoms with van der Waals surface area (Å²) in [5.41, 5.74) is 3.36. The first-order valence-corrected chi connectivity index (χ1v) is 7.22. The number of rotatable bonds is 5. The van der Waals surface area contributed by atoms with Crippen LogP contribution in [0.3, 0.4) is 0 Å². The smallest absolute Gasteiger partial charge is 0.130 e. The minimum absolute atomic E-state index is 0.284. The van der Waals surface area contributed by atoms with Gasteiger partial charge in [0.1, 0.15) is 17.3 Å². The van der Waals surface area contributed by atoms with Crippen molar-refractivity contribution in [1.29, 1.82) is 0 Å². The van der Waals surface area contributed by atoms with Gasteiger partial charge < -0.3 is 10.1 Å². The highest BCUT2D eigenvalue weighted by atomic mass is 19.1. The molecule has 0 saturated carbocycles. The van der Waals surface area contributed by atoms with Crippen molar-refractivity contribution in [2.45, 2.75) is 33.2 Å². The number of hydrogen-bond acceptors (Lipinski definition) is 2. The minimum Gasteiger partial charge on any atom is -0.457 e. The fourth-order valence-corrected chi connectivity index (χ4v) is 2.48. The molecule has 0 aromatic heterocycles. The van der Waals surface area contributed by atoms with Crippen molar-refractivity contribution in [3.63, 3.8) is 0 Å². The first kappa shape index (κ1) is 15.5. The normalized spacial score (nSPS) is 11.0. The molecule has 0 fully saturated rings. The van der Waals surface area contributed by atoms with E-state index >= 15 is 0 Å². The molecule has 2 aromatic rings. The maximum absolute atomic E-state index is 13.6. The Hall–Kier alpha value is -1.87. The second-order valence-electron chi connectivity index (χ2n) is 5.60. The number of hydrogen-bond donors (Lipinski definition) is 1. The van der Waals surface area contributed by atoms with Crippen molar-refractivity contribution in [2.75, 3.05) is 7.05 Å². The van der Waals surface area contributed by atoms with Gasteiger partial charge in [0.2, 0.25) is 0 Å². The summed E-state index contributed by atoms with van der Waals surface area (Å²) < 4.78 is 19.4. The summed E-state index contributed by atoms with van der Waals surface area (Å²) in [5, 5.41) is 3.01. The maximum Gasteiger partial charge on any atom is 0.130 e. The monoisotopic (exact) mass is 287 g/mol. The molecule has 0 saturated heterocycles. The van der Waals surface area contributed by atoms with Crippen molar-refractivity contribution in [3.8, 4) is 11.5 Å². The Bertz CT molecular complexity index is 623. The topological polar surface area (TPSA) is 21.3 Å². The van der Waals surface area contributed by atoms with Gasteiger partial charge in [0.25, 0.3) is 0 Å². The minimum atomic E-state index is -0.284. The molecule has 0 aliphatic rings. The van der Waals surface area contributed by atoms with Gasteiger partial charge in [0.15, 0.2) is 0 Å². The summed E-state index contributed by atoms with van der Waals surface area (Å²) in [6, 6.07) is 10.8. The zero-order chi connectivity index (χ0) is 15.4. The summed E-state index contributed by atoms with van der Waals surface area (Å²) in [6.45, 7) is 7.01. The van der Waals surface area contributed by atoms with Gasteiger partial charge in [-0.2, -0.15) is 0 Å². The third-order valence-electron chi connectivity index (χ3n) is 3.41. The van der Waals surface area contributed by atoms with E-state index < -0.39 is 0 Å². The van der Waals surface area contributed by atoms with Gasteiger partial charge in [-0.15, -0.1) is 0 Å². The Labute approximate surface area is 126 Å². The van der Waals surface area contributed by atoms with Crippen LogP contribution >= 0.6 is 0 Å². The van der Waals surface area contributed by atoms with E-state index in [1.165, 1.54) is 23.3 Å². The molecular formula is C18H22FNO. The van der Waals surface area contributed by atoms with E-state index in [9.17, 15) is 4.39 Å². The molecule has 0 heterocycles. The molecule has 0 amide bonds. The Balaban J connectivity index is 2.23. The average molecular weight is 287 g/mol. The zero-order valence-electron chi connectivity index (χ0n) is 13.0. The molecule has 2 aromatic carbocycles. The molecule has 0 spiro atoms. The van der Waals surface area contributed by atoms with E-state index in [-0.39, 0.29) is 5.82 Å². The van der Waals surface area contributed by atoms with Crippen LogP contribution in [0.1, 0.15) is 36.5 Å². The lowest BCUT2D eigenvalue weighted by molar-refractivity contribution is 0.474. The third-order valence-corrected chi connectivity index (χ3v) is 3.41. The Morgan fingerprint density at radius 2 is 1.86 bits per heavy atom. The molecule has 3 heteroatoms. The van der Waals surface area contributed by atoms with Crippen molar-refractivity contribution in [1.82, 2.24) is 5.32 Å². The lowest BCUT2D eigenvalue weighted by atomic mass is 9.98. The molecule has 0 bridgehead atoms. The number of benzene rings is 2. The standard InChI is InChI=1S/C18H22FNO/c1-12(2)18-6-5-16(7-13(18)3)21-17-9-14(11-20-4)8-15(19)10-17/h5-10,12,20H,11H2,1-4H3. The number of aryl methyl sites for hydroxylation is 1. The first-order chi connectivity index (χ1) is 9.99. The summed E-state index contributed by atoms with van der Waals surface area (Å²) >= 11 is 0. The highest BCUT2D eigenvalue weighted by Crippen LogP contribution is 2.28. The maximum atomic E-state index is 13.6. The van der Waals surface area contributed by atoms with Crippen LogP contribution in [0.2, 0.25) is 0 Å². The predicted octanol–water partition coefficient (Wildman–Crippen LogP) is 4.77. The fourth-order valence-electron chi connectivity index (χ4n) is 2.48. The molecule has 112 valence electrons. The quantitative estimate of drug-likeness (QED) is 0.855. The second kappa shape index (κ2) is 6.72. The van der Waals surface area contributed by atoms with Crippen LogP contribution in [0, 0.1) is 12.7 Å². The number of ether oxygens (including phenoxy) is 1. The number of halogens is 1. The Kier molecular flexibility index (Phi) is 4.97. The van der Waals surface area contributed by atoms with Gasteiger partial charge >= 0.3 is 0 Å². The van der Waals surface area contributed by atoms with E-state index in [1.807, 2.05) is 25.2 Å². The summed E-state index contributed by atoms with van der Waals surface area (Å²) in [5.74, 6) is 1.46. The van der Waals surface area contributed by atoms with Crippen LogP contribution in [-0.4, -0.2) is 7.05 Å². The molecule has 0 aliphatic heterocycles. The highest BCUT2D eigenvalue weighted by molar-refractivity contribution is 5.40. The van der Waals surface area contributed by atoms with E-state index in [1.54, 1.807) is 0 Å². The number of nitrogens with one attached hydrogen (secondary N) is 1. The van der Waals surface area contributed by atoms with Gasteiger partial charge in [-0.05, 0) is 60.8 Å². The predicted molar refractivity (Wildman–Crippen MR) is 84.5 cm³/mol. The Morgan fingerprint density at radius 3 is 2.48 bits per heavy atom. The Morgan fingerprint density at radius 1 is 1.10 bits per heavy atom. The van der Waals surface area contributed by atoms with Crippen LogP contribution in [0.15, 0.2) is 36.4 Å². The lowest BCUT2D eigenvalue weighted by Gasteiger charge is -2.13. The van der Waals surface area contributed by atoms with Crippen molar-refractivity contribution in [2.24, 2.45) is 0 Å². The van der Waals surface area contributed by atoms with Gasteiger partial charge in [0, 0.05) is 12.6 Å². The van der Waals surface area contributed by atoms with E-state index in [0.29, 0.717) is 18.2 Å². The fraction of sp³-hybridized carbons (Fsp3) is 0.333. The molecule has 21 heavy (non-hydrogen) atoms. The van der Waals surface area contributed by atoms with E-state index in [0.717, 1.165) is 11.3 Å². The lowest BCUT2D eigenvalue weighted by Crippen LogP contribution is -2.05. The average Bonchev–Trinajstić information content (AvgIpc) is 2.37. The second-order valence-corrected chi connectivity index (χ2v) is 5.60. The largest absolute Gasteiger partial charge is 0.457 e. The van der Waals surface area contributed by atoms with Gasteiger partial charge in [-0.1, -0.05) is 19.9 Å². The SMILES string of the molecule is CNCc1cc(F)cc(Oc2ccc(C(C)C)c(C)c2)c1. The van der Waals surface area contributed by atoms with Crippen LogP contribution in [-0.2, 0) is 6.54 Å². The van der Waals surface area contributed by atoms with Crippen LogP contribution in [0.4, 0.5) is 4.39 Å². The zero-order valence-corrected chi connectivity index (χ0v) is 13.0. The van der Waals surface area contributed by atoms with Crippen molar-refractivity contribution < 1.29 is 9.13 Å². The summed E-state index contributed by atoms with van der Waals surface area (Å²) in [6.07, 6.45) is 0. The highest BCUT2D eigenvalue weighted by Gasteiger charge is 2.07. The molecule has 2 nitrogen and oxygen atoms in total. The molecular weight excluding hydrogens is 265 g/mol. The summed E-state index contributed by atoms with van der Waals surface area (Å²) in [7, 11) is 1.83. The molecule has 0 aliphatic carbocycles. The van der Waals surface area contributed by atoms with Crippen molar-refractivity contribution in [3.05, 3.63) is 58.9 Å². The van der Waals surface area contributed by atoms with Crippen LogP contribution < -0.4 is 10.1 Å². The van der Waals surface area contributed by atoms with Crippen LogP contribution in [0.5, 0.6) is 11.5 Å². The van der Waals surface area contributed by atoms with Gasteiger partial charge in [-0.3, -0.25) is 0 Å². The molecule has 2 rings (SSSR count). The van der Waals surface area contributed by atoms with Crippen molar-refractivity contribution >= 4 is 0 Å². The molecule has 0 atom stereocenters. The van der Waals surface area contributed by atoms with Gasteiger partial charge in [-0.25, -0.2) is 4.39 Å².